The number of hydrogen-bond donors (Lipinski definition) is 1. The first-order chi connectivity index (χ1) is 7.33. The highest BCUT2D eigenvalue weighted by atomic mass is 15.3. The molecule has 1 saturated heterocycles. The zero-order valence-electron chi connectivity index (χ0n) is 9.74. The molecule has 0 radical (unpaired) electrons. The van der Waals surface area contributed by atoms with Gasteiger partial charge in [-0.15, -0.1) is 0 Å². The van der Waals surface area contributed by atoms with Crippen molar-refractivity contribution in [1.29, 1.82) is 0 Å². The van der Waals surface area contributed by atoms with Crippen LogP contribution in [-0.4, -0.2) is 16.3 Å². The quantitative estimate of drug-likeness (QED) is 0.824. The highest BCUT2D eigenvalue weighted by Crippen LogP contribution is 2.28. The van der Waals surface area contributed by atoms with Gasteiger partial charge in [-0.1, -0.05) is 13.8 Å². The van der Waals surface area contributed by atoms with E-state index in [0.29, 0.717) is 6.04 Å². The van der Waals surface area contributed by atoms with Crippen molar-refractivity contribution in [2.24, 2.45) is 5.92 Å². The maximum atomic E-state index is 4.39. The molecule has 0 aromatic carbocycles. The molecule has 2 atom stereocenters. The van der Waals surface area contributed by atoms with E-state index in [9.17, 15) is 0 Å². The van der Waals surface area contributed by atoms with Crippen molar-refractivity contribution < 1.29 is 0 Å². The molecular formula is C12H21N3. The number of hydrogen-bond acceptors (Lipinski definition) is 2. The van der Waals surface area contributed by atoms with Crippen LogP contribution in [0.2, 0.25) is 0 Å². The van der Waals surface area contributed by atoms with E-state index >= 15 is 0 Å². The maximum Gasteiger partial charge on any atom is 0.0556 e. The summed E-state index contributed by atoms with van der Waals surface area (Å²) < 4.78 is 2.15. The molecule has 0 aliphatic carbocycles. The van der Waals surface area contributed by atoms with Crippen LogP contribution in [0.3, 0.4) is 0 Å². The van der Waals surface area contributed by atoms with E-state index in [1.165, 1.54) is 18.5 Å². The number of nitrogens with zero attached hydrogens (tertiary/aromatic N) is 2. The largest absolute Gasteiger partial charge is 0.308 e. The van der Waals surface area contributed by atoms with Crippen molar-refractivity contribution in [3.63, 3.8) is 0 Å². The summed E-state index contributed by atoms with van der Waals surface area (Å²) in [5.74, 6) is 0.728. The summed E-state index contributed by atoms with van der Waals surface area (Å²) in [6.07, 6.45) is 5.71. The van der Waals surface area contributed by atoms with Gasteiger partial charge in [0.25, 0.3) is 0 Å². The highest BCUT2D eigenvalue weighted by Gasteiger charge is 2.24. The minimum Gasteiger partial charge on any atom is -0.308 e. The molecule has 2 heterocycles. The van der Waals surface area contributed by atoms with Gasteiger partial charge in [0.1, 0.15) is 0 Å². The molecule has 1 aromatic heterocycles. The fourth-order valence-electron chi connectivity index (χ4n) is 2.45. The fraction of sp³-hybridized carbons (Fsp3) is 0.750. The summed E-state index contributed by atoms with van der Waals surface area (Å²) in [7, 11) is 0. The molecule has 84 valence electrons. The lowest BCUT2D eigenvalue weighted by Gasteiger charge is -2.30. The van der Waals surface area contributed by atoms with Crippen LogP contribution in [0, 0.1) is 5.92 Å². The standard InChI is InChI=1S/C12H21N3/c1-3-9-15-11(6-8-14-15)12-10(2)5-4-7-13-12/h6,8,10,12-13H,3-5,7,9H2,1-2H3. The topological polar surface area (TPSA) is 29.9 Å². The molecule has 0 amide bonds. The van der Waals surface area contributed by atoms with Crippen LogP contribution in [0.4, 0.5) is 0 Å². The van der Waals surface area contributed by atoms with Gasteiger partial charge in [0.05, 0.1) is 11.7 Å². The van der Waals surface area contributed by atoms with E-state index in [0.717, 1.165) is 25.4 Å². The molecule has 0 bridgehead atoms. The Labute approximate surface area is 91.9 Å². The molecule has 1 aliphatic rings. The molecule has 1 fully saturated rings. The Bertz CT molecular complexity index is 306. The van der Waals surface area contributed by atoms with Crippen LogP contribution >= 0.6 is 0 Å². The van der Waals surface area contributed by atoms with E-state index in [-0.39, 0.29) is 0 Å². The zero-order chi connectivity index (χ0) is 10.7. The smallest absolute Gasteiger partial charge is 0.0556 e. The summed E-state index contributed by atoms with van der Waals surface area (Å²) in [6.45, 7) is 6.71. The van der Waals surface area contributed by atoms with Crippen molar-refractivity contribution in [2.75, 3.05) is 6.54 Å². The maximum absolute atomic E-state index is 4.39. The monoisotopic (exact) mass is 207 g/mol. The first-order valence-electron chi connectivity index (χ1n) is 6.08. The molecule has 1 N–H and O–H groups in total. The van der Waals surface area contributed by atoms with Crippen LogP contribution in [0.5, 0.6) is 0 Å². The van der Waals surface area contributed by atoms with E-state index in [2.05, 4.69) is 35.0 Å². The van der Waals surface area contributed by atoms with Crippen LogP contribution in [0.15, 0.2) is 12.3 Å². The van der Waals surface area contributed by atoms with Gasteiger partial charge >= 0.3 is 0 Å². The van der Waals surface area contributed by atoms with Crippen molar-refractivity contribution >= 4 is 0 Å². The summed E-state index contributed by atoms with van der Waals surface area (Å²) in [5.41, 5.74) is 1.36. The van der Waals surface area contributed by atoms with Gasteiger partial charge in [-0.25, -0.2) is 0 Å². The average Bonchev–Trinajstić information content (AvgIpc) is 2.67. The van der Waals surface area contributed by atoms with Crippen LogP contribution in [-0.2, 0) is 6.54 Å². The van der Waals surface area contributed by atoms with Crippen molar-refractivity contribution in [2.45, 2.75) is 45.7 Å². The van der Waals surface area contributed by atoms with Crippen molar-refractivity contribution in [1.82, 2.24) is 15.1 Å². The van der Waals surface area contributed by atoms with Gasteiger partial charge in [0.15, 0.2) is 0 Å². The average molecular weight is 207 g/mol. The Balaban J connectivity index is 2.15. The highest BCUT2D eigenvalue weighted by molar-refractivity contribution is 5.09. The molecule has 0 saturated carbocycles. The number of piperidine rings is 1. The first kappa shape index (κ1) is 10.7. The summed E-state index contributed by atoms with van der Waals surface area (Å²) in [6, 6.07) is 2.67. The molecule has 1 aromatic rings. The second-order valence-corrected chi connectivity index (χ2v) is 4.53. The third-order valence-electron chi connectivity index (χ3n) is 3.27. The van der Waals surface area contributed by atoms with Gasteiger partial charge in [-0.2, -0.15) is 5.10 Å². The van der Waals surface area contributed by atoms with Crippen LogP contribution < -0.4 is 5.32 Å². The van der Waals surface area contributed by atoms with E-state index in [1.807, 2.05) is 6.20 Å². The molecular weight excluding hydrogens is 186 g/mol. The number of nitrogens with one attached hydrogen (secondary N) is 1. The van der Waals surface area contributed by atoms with Crippen molar-refractivity contribution in [3.05, 3.63) is 18.0 Å². The molecule has 0 spiro atoms. The number of rotatable bonds is 3. The Morgan fingerprint density at radius 3 is 3.20 bits per heavy atom. The molecule has 3 nitrogen and oxygen atoms in total. The van der Waals surface area contributed by atoms with E-state index in [1.54, 1.807) is 0 Å². The van der Waals surface area contributed by atoms with Crippen molar-refractivity contribution in [3.8, 4) is 0 Å². The predicted molar refractivity (Wildman–Crippen MR) is 61.7 cm³/mol. The van der Waals surface area contributed by atoms with E-state index in [4.69, 9.17) is 0 Å². The molecule has 2 unspecified atom stereocenters. The van der Waals surface area contributed by atoms with E-state index < -0.39 is 0 Å². The molecule has 1 aliphatic heterocycles. The molecule has 15 heavy (non-hydrogen) atoms. The number of aromatic nitrogens is 2. The second-order valence-electron chi connectivity index (χ2n) is 4.53. The van der Waals surface area contributed by atoms with Gasteiger partial charge in [-0.3, -0.25) is 4.68 Å². The zero-order valence-corrected chi connectivity index (χ0v) is 9.74. The summed E-state index contributed by atoms with van der Waals surface area (Å²) in [4.78, 5) is 0. The van der Waals surface area contributed by atoms with Gasteiger partial charge < -0.3 is 5.32 Å². The SMILES string of the molecule is CCCn1nccc1C1NCCCC1C. The lowest BCUT2D eigenvalue weighted by molar-refractivity contribution is 0.290. The Kier molecular flexibility index (Phi) is 3.41. The Hall–Kier alpha value is -0.830. The lowest BCUT2D eigenvalue weighted by atomic mass is 9.90. The Morgan fingerprint density at radius 1 is 1.60 bits per heavy atom. The minimum absolute atomic E-state index is 0.507. The van der Waals surface area contributed by atoms with Gasteiger partial charge in [0.2, 0.25) is 0 Å². The lowest BCUT2D eigenvalue weighted by Crippen LogP contribution is -2.34. The summed E-state index contributed by atoms with van der Waals surface area (Å²) >= 11 is 0. The summed E-state index contributed by atoms with van der Waals surface area (Å²) in [5, 5.41) is 8.00. The third kappa shape index (κ3) is 2.23. The van der Waals surface area contributed by atoms with Crippen LogP contribution in [0.1, 0.15) is 44.8 Å². The second kappa shape index (κ2) is 4.79. The van der Waals surface area contributed by atoms with Crippen LogP contribution in [0.25, 0.3) is 0 Å². The minimum atomic E-state index is 0.507. The normalized spacial score (nSPS) is 26.8. The number of aryl methyl sites for hydroxylation is 1. The fourth-order valence-corrected chi connectivity index (χ4v) is 2.45. The van der Waals surface area contributed by atoms with Gasteiger partial charge in [0, 0.05) is 12.7 Å². The van der Waals surface area contributed by atoms with Gasteiger partial charge in [-0.05, 0) is 37.8 Å². The predicted octanol–water partition coefficient (Wildman–Crippen LogP) is 2.35. The third-order valence-corrected chi connectivity index (χ3v) is 3.27. The Morgan fingerprint density at radius 2 is 2.47 bits per heavy atom. The molecule has 2 rings (SSSR count). The molecule has 3 heteroatoms. The first-order valence-corrected chi connectivity index (χ1v) is 6.08.